The summed E-state index contributed by atoms with van der Waals surface area (Å²) in [5, 5.41) is 13.3. The molecule has 0 atom stereocenters. The molecule has 0 aliphatic heterocycles. The Labute approximate surface area is 190 Å². The van der Waals surface area contributed by atoms with Crippen LogP contribution in [0.1, 0.15) is 10.4 Å². The molecule has 0 aliphatic rings. The number of azo groups is 1. The minimum absolute atomic E-state index is 0.289. The molecule has 0 aromatic heterocycles. The molecule has 2 N–H and O–H groups in total. The number of hydrogen-bond acceptors (Lipinski definition) is 7. The molecule has 9 heteroatoms. The average molecular weight is 446 g/mol. The molecule has 0 aliphatic carbocycles. The predicted octanol–water partition coefficient (Wildman–Crippen LogP) is 4.02. The molecule has 0 heterocycles. The molecule has 3 aromatic carbocycles. The van der Waals surface area contributed by atoms with Crippen molar-refractivity contribution in [2.75, 3.05) is 25.6 Å². The second-order valence-electron chi connectivity index (χ2n) is 6.67. The van der Waals surface area contributed by atoms with Crippen LogP contribution in [0.5, 0.6) is 5.75 Å². The van der Waals surface area contributed by atoms with E-state index in [0.717, 1.165) is 5.69 Å². The number of anilines is 1. The smallest absolute Gasteiger partial charge is 0.325 e. The summed E-state index contributed by atoms with van der Waals surface area (Å²) in [5.41, 5.74) is 2.15. The highest BCUT2D eigenvalue weighted by molar-refractivity contribution is 5.98. The molecule has 0 spiro atoms. The highest BCUT2D eigenvalue weighted by Crippen LogP contribution is 2.20. The van der Waals surface area contributed by atoms with Gasteiger partial charge in [0.2, 0.25) is 0 Å². The number of hydrogen-bond donors (Lipinski definition) is 2. The summed E-state index contributed by atoms with van der Waals surface area (Å²) in [6.07, 6.45) is 0. The molecule has 9 nitrogen and oxygen atoms in total. The molecule has 3 aromatic rings. The molecule has 3 rings (SSSR count). The number of amides is 2. The fourth-order valence-electron chi connectivity index (χ4n) is 2.70. The number of rotatable bonds is 9. The normalized spacial score (nSPS) is 10.5. The van der Waals surface area contributed by atoms with E-state index in [-0.39, 0.29) is 12.1 Å². The Bertz CT molecular complexity index is 1130. The van der Waals surface area contributed by atoms with Crippen molar-refractivity contribution >= 4 is 34.8 Å². The number of methoxy groups -OCH3 is 1. The number of para-hydroxylation sites is 1. The molecule has 0 bridgehead atoms. The van der Waals surface area contributed by atoms with Crippen molar-refractivity contribution in [1.29, 1.82) is 0 Å². The lowest BCUT2D eigenvalue weighted by atomic mass is 10.2. The SMILES string of the molecule is COc1ccccc1C(=O)NCC(=O)OCC(=O)Nc1ccc(N=Nc2ccccc2)cc1. The zero-order chi connectivity index (χ0) is 23.5. The Morgan fingerprint density at radius 3 is 2.15 bits per heavy atom. The molecule has 0 fully saturated rings. The van der Waals surface area contributed by atoms with Gasteiger partial charge < -0.3 is 20.1 Å². The number of esters is 1. The summed E-state index contributed by atoms with van der Waals surface area (Å²) >= 11 is 0. The van der Waals surface area contributed by atoms with Crippen molar-refractivity contribution in [2.24, 2.45) is 10.2 Å². The Morgan fingerprint density at radius 1 is 0.818 bits per heavy atom. The van der Waals surface area contributed by atoms with E-state index in [1.807, 2.05) is 30.3 Å². The van der Waals surface area contributed by atoms with Gasteiger partial charge in [-0.1, -0.05) is 30.3 Å². The van der Waals surface area contributed by atoms with Crippen molar-refractivity contribution < 1.29 is 23.9 Å². The number of benzene rings is 3. The first-order chi connectivity index (χ1) is 16.0. The first-order valence-electron chi connectivity index (χ1n) is 9.98. The van der Waals surface area contributed by atoms with Crippen molar-refractivity contribution in [2.45, 2.75) is 0 Å². The Balaban J connectivity index is 1.41. The van der Waals surface area contributed by atoms with Gasteiger partial charge in [0, 0.05) is 5.69 Å². The zero-order valence-electron chi connectivity index (χ0n) is 17.9. The molecule has 0 radical (unpaired) electrons. The van der Waals surface area contributed by atoms with Gasteiger partial charge in [0.05, 0.1) is 24.0 Å². The van der Waals surface area contributed by atoms with Crippen molar-refractivity contribution in [3.8, 4) is 5.75 Å². The number of nitrogens with zero attached hydrogens (tertiary/aromatic N) is 2. The van der Waals surface area contributed by atoms with E-state index in [1.54, 1.807) is 48.5 Å². The van der Waals surface area contributed by atoms with E-state index < -0.39 is 24.4 Å². The Morgan fingerprint density at radius 2 is 1.45 bits per heavy atom. The van der Waals surface area contributed by atoms with Gasteiger partial charge in [0.15, 0.2) is 6.61 Å². The second kappa shape index (κ2) is 11.8. The lowest BCUT2D eigenvalue weighted by Gasteiger charge is -2.09. The van der Waals surface area contributed by atoms with E-state index in [0.29, 0.717) is 17.1 Å². The quantitative estimate of drug-likeness (QED) is 0.380. The minimum atomic E-state index is -0.745. The van der Waals surface area contributed by atoms with E-state index in [4.69, 9.17) is 9.47 Å². The van der Waals surface area contributed by atoms with Crippen LogP contribution in [0.2, 0.25) is 0 Å². The van der Waals surface area contributed by atoms with Gasteiger partial charge in [0.25, 0.3) is 11.8 Å². The van der Waals surface area contributed by atoms with Crippen LogP contribution >= 0.6 is 0 Å². The molecule has 168 valence electrons. The van der Waals surface area contributed by atoms with Crippen LogP contribution < -0.4 is 15.4 Å². The highest BCUT2D eigenvalue weighted by Gasteiger charge is 2.14. The summed E-state index contributed by atoms with van der Waals surface area (Å²) in [6.45, 7) is -0.871. The van der Waals surface area contributed by atoms with Gasteiger partial charge in [-0.2, -0.15) is 10.2 Å². The summed E-state index contributed by atoms with van der Waals surface area (Å²) in [5.74, 6) is -1.36. The number of carbonyl (C=O) groups excluding carboxylic acids is 3. The monoisotopic (exact) mass is 446 g/mol. The average Bonchev–Trinajstić information content (AvgIpc) is 2.86. The third-order valence-corrected chi connectivity index (χ3v) is 4.30. The Hall–Kier alpha value is -4.53. The summed E-state index contributed by atoms with van der Waals surface area (Å²) in [6, 6.07) is 22.6. The predicted molar refractivity (Wildman–Crippen MR) is 122 cm³/mol. The maximum atomic E-state index is 12.2. The number of ether oxygens (including phenoxy) is 2. The number of carbonyl (C=O) groups is 3. The van der Waals surface area contributed by atoms with Crippen LogP contribution in [0.3, 0.4) is 0 Å². The van der Waals surface area contributed by atoms with Crippen LogP contribution in [-0.2, 0) is 14.3 Å². The molecular weight excluding hydrogens is 424 g/mol. The van der Waals surface area contributed by atoms with Crippen molar-refractivity contribution in [3.05, 3.63) is 84.4 Å². The largest absolute Gasteiger partial charge is 0.496 e. The molecular formula is C24H22N4O5. The van der Waals surface area contributed by atoms with E-state index in [1.165, 1.54) is 7.11 Å². The van der Waals surface area contributed by atoms with Gasteiger partial charge in [-0.25, -0.2) is 0 Å². The fourth-order valence-corrected chi connectivity index (χ4v) is 2.70. The maximum absolute atomic E-state index is 12.2. The topological polar surface area (TPSA) is 118 Å². The number of nitrogens with one attached hydrogen (secondary N) is 2. The Kier molecular flexibility index (Phi) is 8.24. The summed E-state index contributed by atoms with van der Waals surface area (Å²) in [7, 11) is 1.45. The zero-order valence-corrected chi connectivity index (χ0v) is 17.9. The van der Waals surface area contributed by atoms with E-state index >= 15 is 0 Å². The maximum Gasteiger partial charge on any atom is 0.325 e. The van der Waals surface area contributed by atoms with Gasteiger partial charge >= 0.3 is 5.97 Å². The standard InChI is InChI=1S/C24H22N4O5/c1-32-21-10-6-5-9-20(21)24(31)25-15-23(30)33-16-22(29)26-17-11-13-19(14-12-17)28-27-18-7-3-2-4-8-18/h2-14H,15-16H2,1H3,(H,25,31)(H,26,29). The van der Waals surface area contributed by atoms with E-state index in [2.05, 4.69) is 20.9 Å². The molecule has 0 unspecified atom stereocenters. The third-order valence-electron chi connectivity index (χ3n) is 4.30. The van der Waals surface area contributed by atoms with Gasteiger partial charge in [-0.15, -0.1) is 0 Å². The van der Waals surface area contributed by atoms with E-state index in [9.17, 15) is 14.4 Å². The van der Waals surface area contributed by atoms with Crippen LogP contribution in [0.4, 0.5) is 17.1 Å². The highest BCUT2D eigenvalue weighted by atomic mass is 16.5. The van der Waals surface area contributed by atoms with Crippen molar-refractivity contribution in [3.63, 3.8) is 0 Å². The van der Waals surface area contributed by atoms with Crippen LogP contribution in [-0.4, -0.2) is 38.0 Å². The van der Waals surface area contributed by atoms with Gasteiger partial charge in [-0.3, -0.25) is 14.4 Å². The second-order valence-corrected chi connectivity index (χ2v) is 6.67. The lowest BCUT2D eigenvalue weighted by molar-refractivity contribution is -0.146. The van der Waals surface area contributed by atoms with Crippen LogP contribution in [0, 0.1) is 0 Å². The molecule has 0 saturated carbocycles. The first-order valence-corrected chi connectivity index (χ1v) is 9.98. The lowest BCUT2D eigenvalue weighted by Crippen LogP contribution is -2.32. The van der Waals surface area contributed by atoms with Crippen LogP contribution in [0.25, 0.3) is 0 Å². The van der Waals surface area contributed by atoms with Crippen molar-refractivity contribution in [1.82, 2.24) is 5.32 Å². The third kappa shape index (κ3) is 7.28. The van der Waals surface area contributed by atoms with Gasteiger partial charge in [-0.05, 0) is 48.5 Å². The molecule has 33 heavy (non-hydrogen) atoms. The minimum Gasteiger partial charge on any atom is -0.496 e. The van der Waals surface area contributed by atoms with Crippen LogP contribution in [0.15, 0.2) is 89.1 Å². The molecule has 0 saturated heterocycles. The first kappa shape index (κ1) is 23.1. The summed E-state index contributed by atoms with van der Waals surface area (Å²) < 4.78 is 10.0. The summed E-state index contributed by atoms with van der Waals surface area (Å²) in [4.78, 5) is 36.0. The molecule has 2 amide bonds. The fraction of sp³-hybridized carbons (Fsp3) is 0.125. The van der Waals surface area contributed by atoms with Gasteiger partial charge in [0.1, 0.15) is 12.3 Å².